The molecule has 0 atom stereocenters. The average molecular weight is 336 g/mol. The van der Waals surface area contributed by atoms with Gasteiger partial charge in [0.25, 0.3) is 0 Å². The summed E-state index contributed by atoms with van der Waals surface area (Å²) in [6.45, 7) is 15.1. The van der Waals surface area contributed by atoms with Crippen LogP contribution in [0.2, 0.25) is 0 Å². The van der Waals surface area contributed by atoms with Gasteiger partial charge in [0.05, 0.1) is 58.5 Å². The molecular formula is C17H36O6. The van der Waals surface area contributed by atoms with Crippen molar-refractivity contribution in [3.63, 3.8) is 0 Å². The van der Waals surface area contributed by atoms with Crippen LogP contribution in [0, 0.1) is 0 Å². The maximum Gasteiger partial charge on any atom is 0.0707 e. The highest BCUT2D eigenvalue weighted by molar-refractivity contribution is 4.57. The summed E-state index contributed by atoms with van der Waals surface area (Å²) in [5, 5.41) is 0. The summed E-state index contributed by atoms with van der Waals surface area (Å²) >= 11 is 0. The molecule has 0 aliphatic carbocycles. The monoisotopic (exact) mass is 336 g/mol. The Bertz CT molecular complexity index is 230. The summed E-state index contributed by atoms with van der Waals surface area (Å²) < 4.78 is 32.4. The Balaban J connectivity index is 3.00. The van der Waals surface area contributed by atoms with Gasteiger partial charge < -0.3 is 28.4 Å². The predicted molar refractivity (Wildman–Crippen MR) is 90.1 cm³/mol. The zero-order valence-electron chi connectivity index (χ0n) is 15.4. The molecule has 0 unspecified atom stereocenters. The summed E-state index contributed by atoms with van der Waals surface area (Å²) in [7, 11) is 0. The van der Waals surface area contributed by atoms with Crippen molar-refractivity contribution >= 4 is 0 Å². The van der Waals surface area contributed by atoms with E-state index in [4.69, 9.17) is 28.4 Å². The Morgan fingerprint density at radius 1 is 0.522 bits per heavy atom. The summed E-state index contributed by atoms with van der Waals surface area (Å²) in [5.41, 5.74) is -0.103. The highest BCUT2D eigenvalue weighted by Gasteiger charge is 2.08. The molecular weight excluding hydrogens is 300 g/mol. The Hall–Kier alpha value is -0.240. The predicted octanol–water partition coefficient (Wildman–Crippen LogP) is 2.29. The van der Waals surface area contributed by atoms with Gasteiger partial charge in [-0.05, 0) is 34.1 Å². The lowest BCUT2D eigenvalue weighted by Crippen LogP contribution is -2.22. The minimum absolute atomic E-state index is 0.103. The quantitative estimate of drug-likeness (QED) is 0.380. The molecule has 0 aliphatic rings. The number of hydrogen-bond donors (Lipinski definition) is 0. The molecule has 0 spiro atoms. The highest BCUT2D eigenvalue weighted by Crippen LogP contribution is 2.05. The first-order chi connectivity index (χ1) is 11.1. The van der Waals surface area contributed by atoms with Crippen molar-refractivity contribution in [1.82, 2.24) is 0 Å². The van der Waals surface area contributed by atoms with E-state index in [0.29, 0.717) is 66.1 Å². The van der Waals surface area contributed by atoms with Crippen molar-refractivity contribution < 1.29 is 28.4 Å². The first kappa shape index (κ1) is 22.8. The van der Waals surface area contributed by atoms with Gasteiger partial charge in [-0.15, -0.1) is 0 Å². The maximum absolute atomic E-state index is 5.55. The van der Waals surface area contributed by atoms with Crippen LogP contribution in [0.3, 0.4) is 0 Å². The van der Waals surface area contributed by atoms with E-state index in [1.54, 1.807) is 0 Å². The normalized spacial score (nSPS) is 12.0. The number of ether oxygens (including phenoxy) is 6. The van der Waals surface area contributed by atoms with Crippen molar-refractivity contribution in [1.29, 1.82) is 0 Å². The van der Waals surface area contributed by atoms with Gasteiger partial charge in [-0.25, -0.2) is 0 Å². The van der Waals surface area contributed by atoms with E-state index in [2.05, 4.69) is 0 Å². The lowest BCUT2D eigenvalue weighted by molar-refractivity contribution is -0.0433. The van der Waals surface area contributed by atoms with Gasteiger partial charge in [-0.1, -0.05) is 0 Å². The lowest BCUT2D eigenvalue weighted by atomic mass is 10.2. The molecule has 6 nitrogen and oxygen atoms in total. The second kappa shape index (κ2) is 16.6. The van der Waals surface area contributed by atoms with Crippen LogP contribution in [0.25, 0.3) is 0 Å². The second-order valence-corrected chi connectivity index (χ2v) is 5.96. The third-order valence-electron chi connectivity index (χ3n) is 2.66. The van der Waals surface area contributed by atoms with Crippen LogP contribution in [-0.4, -0.2) is 78.3 Å². The minimum Gasteiger partial charge on any atom is -0.379 e. The van der Waals surface area contributed by atoms with Crippen LogP contribution in [0.1, 0.15) is 34.1 Å². The smallest absolute Gasteiger partial charge is 0.0707 e. The van der Waals surface area contributed by atoms with Gasteiger partial charge in [0, 0.05) is 19.8 Å². The molecule has 0 aromatic heterocycles. The van der Waals surface area contributed by atoms with Crippen LogP contribution in [0.15, 0.2) is 0 Å². The zero-order valence-corrected chi connectivity index (χ0v) is 15.4. The Morgan fingerprint density at radius 2 is 0.913 bits per heavy atom. The molecule has 0 fully saturated rings. The molecule has 23 heavy (non-hydrogen) atoms. The first-order valence-corrected chi connectivity index (χ1v) is 8.59. The van der Waals surface area contributed by atoms with E-state index < -0.39 is 0 Å². The van der Waals surface area contributed by atoms with E-state index in [1.165, 1.54) is 0 Å². The van der Waals surface area contributed by atoms with Crippen LogP contribution in [0.4, 0.5) is 0 Å². The molecule has 0 radical (unpaired) electrons. The van der Waals surface area contributed by atoms with Crippen molar-refractivity contribution in [2.75, 3.05) is 72.7 Å². The molecule has 0 amide bonds. The summed E-state index contributed by atoms with van der Waals surface area (Å²) in [6, 6.07) is 0. The van der Waals surface area contributed by atoms with Gasteiger partial charge in [-0.2, -0.15) is 0 Å². The molecule has 0 aromatic rings. The molecule has 0 N–H and O–H groups in total. The fourth-order valence-corrected chi connectivity index (χ4v) is 1.58. The molecule has 0 heterocycles. The van der Waals surface area contributed by atoms with Crippen LogP contribution in [0.5, 0.6) is 0 Å². The van der Waals surface area contributed by atoms with Crippen LogP contribution >= 0.6 is 0 Å². The highest BCUT2D eigenvalue weighted by atomic mass is 16.6. The van der Waals surface area contributed by atoms with Crippen LogP contribution < -0.4 is 0 Å². The SMILES string of the molecule is CCOCCOCCOCCCOCCOCCOC(C)(C)C. The molecule has 6 heteroatoms. The first-order valence-electron chi connectivity index (χ1n) is 8.59. The van der Waals surface area contributed by atoms with Gasteiger partial charge in [-0.3, -0.25) is 0 Å². The Kier molecular flexibility index (Phi) is 16.4. The van der Waals surface area contributed by atoms with Crippen molar-refractivity contribution in [3.05, 3.63) is 0 Å². The molecule has 0 saturated heterocycles. The molecule has 0 aliphatic heterocycles. The average Bonchev–Trinajstić information content (AvgIpc) is 2.49. The third-order valence-corrected chi connectivity index (χ3v) is 2.66. The van der Waals surface area contributed by atoms with Crippen molar-refractivity contribution in [2.45, 2.75) is 39.7 Å². The number of hydrogen-bond acceptors (Lipinski definition) is 6. The Morgan fingerprint density at radius 3 is 1.35 bits per heavy atom. The van der Waals surface area contributed by atoms with Gasteiger partial charge in [0.2, 0.25) is 0 Å². The van der Waals surface area contributed by atoms with E-state index in [9.17, 15) is 0 Å². The molecule has 0 bridgehead atoms. The van der Waals surface area contributed by atoms with Crippen LogP contribution in [-0.2, 0) is 28.4 Å². The lowest BCUT2D eigenvalue weighted by Gasteiger charge is -2.19. The van der Waals surface area contributed by atoms with E-state index in [1.807, 2.05) is 27.7 Å². The third kappa shape index (κ3) is 21.8. The van der Waals surface area contributed by atoms with Crippen molar-refractivity contribution in [3.8, 4) is 0 Å². The fourth-order valence-electron chi connectivity index (χ4n) is 1.58. The minimum atomic E-state index is -0.103. The maximum atomic E-state index is 5.55. The molecule has 0 rings (SSSR count). The van der Waals surface area contributed by atoms with E-state index in [0.717, 1.165) is 13.0 Å². The topological polar surface area (TPSA) is 55.4 Å². The standard InChI is InChI=1S/C17H36O6/c1-5-18-9-10-21-13-11-19-7-6-8-20-12-14-22-15-16-23-17(2,3)4/h5-16H2,1-4H3. The van der Waals surface area contributed by atoms with Gasteiger partial charge in [0.15, 0.2) is 0 Å². The molecule has 0 aromatic carbocycles. The summed E-state index contributed by atoms with van der Waals surface area (Å²) in [6.07, 6.45) is 0.881. The van der Waals surface area contributed by atoms with E-state index >= 15 is 0 Å². The molecule has 0 saturated carbocycles. The zero-order chi connectivity index (χ0) is 17.2. The number of rotatable bonds is 17. The Labute approximate surface area is 141 Å². The largest absolute Gasteiger partial charge is 0.379 e. The molecule has 140 valence electrons. The van der Waals surface area contributed by atoms with Gasteiger partial charge >= 0.3 is 0 Å². The fraction of sp³-hybridized carbons (Fsp3) is 1.00. The van der Waals surface area contributed by atoms with E-state index in [-0.39, 0.29) is 5.60 Å². The van der Waals surface area contributed by atoms with Crippen molar-refractivity contribution in [2.24, 2.45) is 0 Å². The summed E-state index contributed by atoms with van der Waals surface area (Å²) in [4.78, 5) is 0. The summed E-state index contributed by atoms with van der Waals surface area (Å²) in [5.74, 6) is 0. The van der Waals surface area contributed by atoms with Gasteiger partial charge in [0.1, 0.15) is 0 Å². The second-order valence-electron chi connectivity index (χ2n) is 5.96.